The number of hydrogen-bond donors (Lipinski definition) is 1. The van der Waals surface area contributed by atoms with Gasteiger partial charge in [-0.15, -0.1) is 0 Å². The third-order valence-corrected chi connectivity index (χ3v) is 2.59. The first-order chi connectivity index (χ1) is 8.16. The molecule has 17 heavy (non-hydrogen) atoms. The summed E-state index contributed by atoms with van der Waals surface area (Å²) in [4.78, 5) is 10.5. The third kappa shape index (κ3) is 2.72. The van der Waals surface area contributed by atoms with Gasteiger partial charge in [0.25, 0.3) is 0 Å². The smallest absolute Gasteiger partial charge is 0.305 e. The highest BCUT2D eigenvalue weighted by atomic mass is 16.4. The van der Waals surface area contributed by atoms with Crippen molar-refractivity contribution >= 4 is 5.97 Å². The zero-order chi connectivity index (χ0) is 12.3. The molecule has 0 unspecified atom stereocenters. The van der Waals surface area contributed by atoms with Gasteiger partial charge in [-0.05, 0) is 13.0 Å². The van der Waals surface area contributed by atoms with E-state index in [4.69, 9.17) is 5.11 Å². The number of aliphatic carboxylic acids is 1. The first kappa shape index (κ1) is 11.4. The maximum absolute atomic E-state index is 10.5. The second-order valence-electron chi connectivity index (χ2n) is 3.90. The minimum Gasteiger partial charge on any atom is -0.481 e. The number of rotatable bonds is 4. The van der Waals surface area contributed by atoms with Gasteiger partial charge >= 0.3 is 5.97 Å². The monoisotopic (exact) mass is 230 g/mol. The molecule has 0 saturated carbocycles. The first-order valence-electron chi connectivity index (χ1n) is 5.48. The second-order valence-corrected chi connectivity index (χ2v) is 3.90. The molecule has 0 spiro atoms. The van der Waals surface area contributed by atoms with Crippen LogP contribution in [0.2, 0.25) is 0 Å². The lowest BCUT2D eigenvalue weighted by Crippen LogP contribution is -2.07. The first-order valence-corrected chi connectivity index (χ1v) is 5.48. The van der Waals surface area contributed by atoms with Crippen LogP contribution in [0.15, 0.2) is 36.4 Å². The number of carboxylic acids is 1. The second kappa shape index (κ2) is 4.82. The Morgan fingerprint density at radius 1 is 1.35 bits per heavy atom. The molecule has 0 bridgehead atoms. The Morgan fingerprint density at radius 3 is 2.71 bits per heavy atom. The summed E-state index contributed by atoms with van der Waals surface area (Å²) in [5, 5.41) is 13.1. The standard InChI is InChI=1S/C13H14N2O2/c1-10-9-12(11-5-3-2-4-6-11)14-15(10)8-7-13(16)17/h2-6,9H,7-8H2,1H3,(H,16,17). The van der Waals surface area contributed by atoms with E-state index in [9.17, 15) is 4.79 Å². The van der Waals surface area contributed by atoms with Crippen molar-refractivity contribution in [3.63, 3.8) is 0 Å². The van der Waals surface area contributed by atoms with Crippen LogP contribution in [0.5, 0.6) is 0 Å². The highest BCUT2D eigenvalue weighted by Crippen LogP contribution is 2.18. The van der Waals surface area contributed by atoms with Crippen LogP contribution in [-0.2, 0) is 11.3 Å². The summed E-state index contributed by atoms with van der Waals surface area (Å²) in [6, 6.07) is 11.8. The highest BCUT2D eigenvalue weighted by molar-refractivity contribution is 5.66. The summed E-state index contributed by atoms with van der Waals surface area (Å²) in [7, 11) is 0. The summed E-state index contributed by atoms with van der Waals surface area (Å²) in [5.74, 6) is -0.804. The summed E-state index contributed by atoms with van der Waals surface area (Å²) in [6.07, 6.45) is 0.0940. The molecule has 1 aromatic heterocycles. The molecule has 1 N–H and O–H groups in total. The van der Waals surface area contributed by atoms with Crippen LogP contribution in [-0.4, -0.2) is 20.9 Å². The molecule has 88 valence electrons. The number of nitrogens with zero attached hydrogens (tertiary/aromatic N) is 2. The molecule has 0 fully saturated rings. The van der Waals surface area contributed by atoms with Crippen molar-refractivity contribution in [3.05, 3.63) is 42.1 Å². The molecule has 0 aliphatic rings. The van der Waals surface area contributed by atoms with Crippen LogP contribution in [0.25, 0.3) is 11.3 Å². The summed E-state index contributed by atoms with van der Waals surface area (Å²) < 4.78 is 1.73. The van der Waals surface area contributed by atoms with Gasteiger partial charge < -0.3 is 5.11 Å². The van der Waals surface area contributed by atoms with E-state index in [-0.39, 0.29) is 6.42 Å². The molecule has 1 heterocycles. The maximum atomic E-state index is 10.5. The van der Waals surface area contributed by atoms with Gasteiger partial charge in [-0.1, -0.05) is 30.3 Å². The molecule has 4 heteroatoms. The van der Waals surface area contributed by atoms with E-state index in [1.807, 2.05) is 43.3 Å². The Hall–Kier alpha value is -2.10. The number of benzene rings is 1. The van der Waals surface area contributed by atoms with Gasteiger partial charge in [-0.25, -0.2) is 0 Å². The van der Waals surface area contributed by atoms with E-state index in [1.54, 1.807) is 4.68 Å². The summed E-state index contributed by atoms with van der Waals surface area (Å²) in [6.45, 7) is 2.34. The number of aromatic nitrogens is 2. The van der Waals surface area contributed by atoms with E-state index in [2.05, 4.69) is 5.10 Å². The van der Waals surface area contributed by atoms with Gasteiger partial charge in [0.05, 0.1) is 18.7 Å². The van der Waals surface area contributed by atoms with Crippen molar-refractivity contribution in [2.45, 2.75) is 19.9 Å². The van der Waals surface area contributed by atoms with Crippen molar-refractivity contribution in [3.8, 4) is 11.3 Å². The Balaban J connectivity index is 2.22. The third-order valence-electron chi connectivity index (χ3n) is 2.59. The SMILES string of the molecule is Cc1cc(-c2ccccc2)nn1CCC(=O)O. The lowest BCUT2D eigenvalue weighted by molar-refractivity contribution is -0.137. The highest BCUT2D eigenvalue weighted by Gasteiger charge is 2.07. The lowest BCUT2D eigenvalue weighted by atomic mass is 10.1. The predicted molar refractivity (Wildman–Crippen MR) is 64.7 cm³/mol. The Kier molecular flexibility index (Phi) is 3.23. The zero-order valence-electron chi connectivity index (χ0n) is 9.63. The van der Waals surface area contributed by atoms with Gasteiger partial charge in [-0.3, -0.25) is 9.48 Å². The van der Waals surface area contributed by atoms with Gasteiger partial charge in [0, 0.05) is 11.3 Å². The molecule has 0 radical (unpaired) electrons. The van der Waals surface area contributed by atoms with Crippen molar-refractivity contribution in [2.24, 2.45) is 0 Å². The van der Waals surface area contributed by atoms with Crippen molar-refractivity contribution in [1.82, 2.24) is 9.78 Å². The van der Waals surface area contributed by atoms with E-state index in [0.717, 1.165) is 17.0 Å². The summed E-state index contributed by atoms with van der Waals surface area (Å²) in [5.41, 5.74) is 2.91. The van der Waals surface area contributed by atoms with Crippen molar-refractivity contribution < 1.29 is 9.90 Å². The average molecular weight is 230 g/mol. The molecule has 4 nitrogen and oxygen atoms in total. The molecule has 1 aromatic carbocycles. The average Bonchev–Trinajstić information content (AvgIpc) is 2.69. The van der Waals surface area contributed by atoms with Gasteiger partial charge in [0.1, 0.15) is 0 Å². The normalized spacial score (nSPS) is 10.4. The zero-order valence-corrected chi connectivity index (χ0v) is 9.63. The number of aryl methyl sites for hydroxylation is 2. The maximum Gasteiger partial charge on any atom is 0.305 e. The van der Waals surface area contributed by atoms with Crippen LogP contribution in [0, 0.1) is 6.92 Å². The Bertz CT molecular complexity index is 517. The molecule has 0 aliphatic carbocycles. The van der Waals surface area contributed by atoms with Crippen molar-refractivity contribution in [1.29, 1.82) is 0 Å². The minimum absolute atomic E-state index is 0.0940. The van der Waals surface area contributed by atoms with Crippen LogP contribution in [0.1, 0.15) is 12.1 Å². The predicted octanol–water partition coefficient (Wildman–Crippen LogP) is 2.33. The van der Waals surface area contributed by atoms with E-state index in [0.29, 0.717) is 6.54 Å². The van der Waals surface area contributed by atoms with E-state index >= 15 is 0 Å². The molecule has 0 amide bonds. The molecular weight excluding hydrogens is 216 g/mol. The molecule has 0 atom stereocenters. The minimum atomic E-state index is -0.804. The van der Waals surface area contributed by atoms with Gasteiger partial charge in [-0.2, -0.15) is 5.10 Å². The molecule has 0 aliphatic heterocycles. The Labute approximate surface area is 99.5 Å². The fourth-order valence-corrected chi connectivity index (χ4v) is 1.69. The summed E-state index contributed by atoms with van der Waals surface area (Å²) >= 11 is 0. The lowest BCUT2D eigenvalue weighted by Gasteiger charge is -2.00. The molecule has 2 rings (SSSR count). The Morgan fingerprint density at radius 2 is 2.06 bits per heavy atom. The fourth-order valence-electron chi connectivity index (χ4n) is 1.69. The number of carboxylic acid groups (broad SMARTS) is 1. The quantitative estimate of drug-likeness (QED) is 0.877. The van der Waals surface area contributed by atoms with Gasteiger partial charge in [0.2, 0.25) is 0 Å². The van der Waals surface area contributed by atoms with Crippen LogP contribution >= 0.6 is 0 Å². The van der Waals surface area contributed by atoms with E-state index < -0.39 is 5.97 Å². The van der Waals surface area contributed by atoms with Crippen LogP contribution < -0.4 is 0 Å². The topological polar surface area (TPSA) is 55.1 Å². The number of hydrogen-bond acceptors (Lipinski definition) is 2. The van der Waals surface area contributed by atoms with Crippen LogP contribution in [0.3, 0.4) is 0 Å². The van der Waals surface area contributed by atoms with Crippen molar-refractivity contribution in [2.75, 3.05) is 0 Å². The number of carbonyl (C=O) groups is 1. The van der Waals surface area contributed by atoms with Crippen LogP contribution in [0.4, 0.5) is 0 Å². The molecule has 2 aromatic rings. The van der Waals surface area contributed by atoms with E-state index in [1.165, 1.54) is 0 Å². The molecule has 0 saturated heterocycles. The van der Waals surface area contributed by atoms with Gasteiger partial charge in [0.15, 0.2) is 0 Å². The molecular formula is C13H14N2O2. The largest absolute Gasteiger partial charge is 0.481 e. The fraction of sp³-hybridized carbons (Fsp3) is 0.231.